The Bertz CT molecular complexity index is 1130. The third kappa shape index (κ3) is 5.30. The number of allylic oxidation sites excluding steroid dienone is 1. The van der Waals surface area contributed by atoms with Crippen LogP contribution in [0.4, 0.5) is 11.4 Å². The number of carbonyl (C=O) groups is 1. The Labute approximate surface area is 173 Å². The van der Waals surface area contributed by atoms with Crippen LogP contribution in [0.25, 0.3) is 11.6 Å². The molecule has 0 aliphatic rings. The zero-order valence-electron chi connectivity index (χ0n) is 15.8. The number of nitrogens with zero attached hydrogens (tertiary/aromatic N) is 2. The Morgan fingerprint density at radius 2 is 1.80 bits per heavy atom. The van der Waals surface area contributed by atoms with Gasteiger partial charge >= 0.3 is 0 Å². The highest BCUT2D eigenvalue weighted by Gasteiger charge is 2.11. The maximum atomic E-state index is 12.1. The largest absolute Gasteiger partial charge is 0.483 e. The van der Waals surface area contributed by atoms with Crippen molar-refractivity contribution in [3.05, 3.63) is 100 Å². The van der Waals surface area contributed by atoms with Crippen molar-refractivity contribution < 1.29 is 14.5 Å². The number of rotatable bonds is 7. The minimum absolute atomic E-state index is 0.101. The van der Waals surface area contributed by atoms with Gasteiger partial charge in [0, 0.05) is 23.4 Å². The second kappa shape index (κ2) is 9.66. The zero-order chi connectivity index (χ0) is 21.3. The van der Waals surface area contributed by atoms with E-state index in [1.54, 1.807) is 48.5 Å². The predicted molar refractivity (Wildman–Crippen MR) is 114 cm³/mol. The molecule has 0 atom stereocenters. The number of nitro benzene ring substituents is 1. The van der Waals surface area contributed by atoms with Crippen LogP contribution in [0.2, 0.25) is 0 Å². The molecule has 0 aliphatic heterocycles. The molecule has 0 saturated heterocycles. The summed E-state index contributed by atoms with van der Waals surface area (Å²) < 4.78 is 5.64. The number of hydrogen-bond donors (Lipinski definition) is 1. The fourth-order valence-corrected chi connectivity index (χ4v) is 2.72. The number of amides is 1. The third-order valence-electron chi connectivity index (χ3n) is 4.12. The third-order valence-corrected chi connectivity index (χ3v) is 4.12. The first-order chi connectivity index (χ1) is 14.6. The number of benzene rings is 3. The normalized spacial score (nSPS) is 10.7. The first kappa shape index (κ1) is 20.3. The Balaban J connectivity index is 1.78. The summed E-state index contributed by atoms with van der Waals surface area (Å²) in [7, 11) is 0. The lowest BCUT2D eigenvalue weighted by Crippen LogP contribution is -2.20. The molecule has 3 rings (SSSR count). The molecule has 3 aromatic rings. The molecule has 0 unspecified atom stereocenters. The second-order valence-electron chi connectivity index (χ2n) is 6.22. The predicted octanol–water partition coefficient (Wildman–Crippen LogP) is 4.68. The number of hydrogen-bond acceptors (Lipinski definition) is 5. The van der Waals surface area contributed by atoms with Crippen molar-refractivity contribution >= 4 is 28.9 Å². The number of ether oxygens (including phenoxy) is 1. The number of para-hydroxylation sites is 2. The number of nitrogens with one attached hydrogen (secondary N) is 1. The van der Waals surface area contributed by atoms with Crippen molar-refractivity contribution in [2.45, 2.75) is 0 Å². The van der Waals surface area contributed by atoms with E-state index in [0.717, 1.165) is 0 Å². The van der Waals surface area contributed by atoms with Crippen LogP contribution < -0.4 is 10.1 Å². The maximum absolute atomic E-state index is 12.1. The molecular formula is C23H17N3O4. The van der Waals surface area contributed by atoms with Gasteiger partial charge in [0.15, 0.2) is 6.61 Å². The highest BCUT2D eigenvalue weighted by atomic mass is 16.6. The first-order valence-electron chi connectivity index (χ1n) is 9.00. The van der Waals surface area contributed by atoms with Crippen LogP contribution in [0.5, 0.6) is 5.75 Å². The van der Waals surface area contributed by atoms with E-state index in [2.05, 4.69) is 11.4 Å². The molecule has 7 nitrogen and oxygen atoms in total. The Kier molecular flexibility index (Phi) is 6.54. The molecule has 1 amide bonds. The minimum Gasteiger partial charge on any atom is -0.483 e. The highest BCUT2D eigenvalue weighted by Crippen LogP contribution is 2.26. The van der Waals surface area contributed by atoms with Gasteiger partial charge in [-0.3, -0.25) is 14.9 Å². The highest BCUT2D eigenvalue weighted by molar-refractivity contribution is 5.93. The maximum Gasteiger partial charge on any atom is 0.270 e. The Morgan fingerprint density at radius 1 is 1.07 bits per heavy atom. The van der Waals surface area contributed by atoms with E-state index < -0.39 is 4.92 Å². The second-order valence-corrected chi connectivity index (χ2v) is 6.22. The van der Waals surface area contributed by atoms with Gasteiger partial charge in [0.2, 0.25) is 0 Å². The number of non-ortho nitro benzene ring substituents is 1. The molecule has 0 radical (unpaired) electrons. The molecular weight excluding hydrogens is 382 g/mol. The Hall–Kier alpha value is -4.44. The molecule has 1 N–H and O–H groups in total. The van der Waals surface area contributed by atoms with Crippen molar-refractivity contribution in [1.29, 1.82) is 5.26 Å². The van der Waals surface area contributed by atoms with E-state index >= 15 is 0 Å². The van der Waals surface area contributed by atoms with Gasteiger partial charge in [-0.25, -0.2) is 0 Å². The number of nitro groups is 1. The summed E-state index contributed by atoms with van der Waals surface area (Å²) in [5.74, 6) is 0.0954. The lowest BCUT2D eigenvalue weighted by atomic mass is 10.0. The van der Waals surface area contributed by atoms with Crippen LogP contribution in [0.3, 0.4) is 0 Å². The van der Waals surface area contributed by atoms with Crippen LogP contribution in [0.1, 0.15) is 11.1 Å². The molecule has 0 fully saturated rings. The van der Waals surface area contributed by atoms with Crippen LogP contribution in [0, 0.1) is 21.4 Å². The van der Waals surface area contributed by atoms with Gasteiger partial charge in [0.1, 0.15) is 5.75 Å². The quantitative estimate of drug-likeness (QED) is 0.269. The van der Waals surface area contributed by atoms with Gasteiger partial charge in [-0.15, -0.1) is 0 Å². The molecule has 3 aromatic carbocycles. The van der Waals surface area contributed by atoms with Crippen molar-refractivity contribution in [2.24, 2.45) is 0 Å². The van der Waals surface area contributed by atoms with Crippen LogP contribution in [-0.4, -0.2) is 17.4 Å². The monoisotopic (exact) mass is 399 g/mol. The van der Waals surface area contributed by atoms with Crippen LogP contribution in [0.15, 0.2) is 78.9 Å². The van der Waals surface area contributed by atoms with Gasteiger partial charge in [-0.05, 0) is 29.8 Å². The summed E-state index contributed by atoms with van der Waals surface area (Å²) in [6, 6.07) is 23.9. The van der Waals surface area contributed by atoms with Gasteiger partial charge in [0.05, 0.1) is 16.6 Å². The Morgan fingerprint density at radius 3 is 2.53 bits per heavy atom. The number of carbonyl (C=O) groups excluding carboxylic acids is 1. The first-order valence-corrected chi connectivity index (χ1v) is 9.00. The van der Waals surface area contributed by atoms with E-state index in [9.17, 15) is 20.2 Å². The molecule has 0 aliphatic carbocycles. The molecule has 0 bridgehead atoms. The molecule has 0 spiro atoms. The minimum atomic E-state index is -0.513. The van der Waals surface area contributed by atoms with Gasteiger partial charge in [0.25, 0.3) is 11.6 Å². The van der Waals surface area contributed by atoms with Crippen molar-refractivity contribution in [3.8, 4) is 11.8 Å². The van der Waals surface area contributed by atoms with Crippen LogP contribution in [-0.2, 0) is 4.79 Å². The zero-order valence-corrected chi connectivity index (χ0v) is 15.8. The smallest absolute Gasteiger partial charge is 0.270 e. The topological polar surface area (TPSA) is 105 Å². The molecule has 30 heavy (non-hydrogen) atoms. The summed E-state index contributed by atoms with van der Waals surface area (Å²) in [6.45, 7) is -0.210. The average Bonchev–Trinajstić information content (AvgIpc) is 2.77. The van der Waals surface area contributed by atoms with E-state index in [1.807, 2.05) is 18.2 Å². The standard InChI is InChI=1S/C23H17N3O4/c24-15-19(17-8-6-11-21(14-17)26(28)29)13-18-7-4-5-12-22(18)30-16-23(27)25-20-9-2-1-3-10-20/h1-14H,16H2,(H,25,27). The van der Waals surface area contributed by atoms with Gasteiger partial charge in [-0.2, -0.15) is 5.26 Å². The fraction of sp³-hybridized carbons (Fsp3) is 0.0435. The summed E-state index contributed by atoms with van der Waals surface area (Å²) in [4.78, 5) is 22.6. The SMILES string of the molecule is N#CC(=Cc1ccccc1OCC(=O)Nc1ccccc1)c1cccc([N+](=O)[O-])c1. The molecule has 148 valence electrons. The summed E-state index contributed by atoms with van der Waals surface area (Å²) in [6.07, 6.45) is 1.57. The molecule has 0 saturated carbocycles. The van der Waals surface area contributed by atoms with Gasteiger partial charge in [-0.1, -0.05) is 48.5 Å². The van der Waals surface area contributed by atoms with E-state index in [-0.39, 0.29) is 23.8 Å². The van der Waals surface area contributed by atoms with E-state index in [0.29, 0.717) is 22.6 Å². The summed E-state index contributed by atoms with van der Waals surface area (Å²) in [5.41, 5.74) is 1.80. The summed E-state index contributed by atoms with van der Waals surface area (Å²) in [5, 5.41) is 23.3. The van der Waals surface area contributed by atoms with E-state index in [4.69, 9.17) is 4.74 Å². The van der Waals surface area contributed by atoms with Crippen molar-refractivity contribution in [3.63, 3.8) is 0 Å². The fourth-order valence-electron chi connectivity index (χ4n) is 2.72. The van der Waals surface area contributed by atoms with E-state index in [1.165, 1.54) is 18.2 Å². The summed E-state index contributed by atoms with van der Waals surface area (Å²) >= 11 is 0. The van der Waals surface area contributed by atoms with Crippen LogP contribution >= 0.6 is 0 Å². The van der Waals surface area contributed by atoms with Gasteiger partial charge < -0.3 is 10.1 Å². The lowest BCUT2D eigenvalue weighted by Gasteiger charge is -2.10. The van der Waals surface area contributed by atoms with Crippen molar-refractivity contribution in [1.82, 2.24) is 0 Å². The molecule has 0 heterocycles. The lowest BCUT2D eigenvalue weighted by molar-refractivity contribution is -0.384. The van der Waals surface area contributed by atoms with Crippen molar-refractivity contribution in [2.75, 3.05) is 11.9 Å². The molecule has 7 heteroatoms. The number of nitriles is 1. The average molecular weight is 399 g/mol. The molecule has 0 aromatic heterocycles. The number of anilines is 1.